The molecule has 0 spiro atoms. The first kappa shape index (κ1) is 10.4. The van der Waals surface area contributed by atoms with Crippen LogP contribution in [-0.4, -0.2) is 46.9 Å². The third kappa shape index (κ3) is 1.35. The Labute approximate surface area is 103 Å². The van der Waals surface area contributed by atoms with Crippen molar-refractivity contribution >= 4 is 5.91 Å². The van der Waals surface area contributed by atoms with Crippen molar-refractivity contribution in [3.8, 4) is 0 Å². The molecule has 0 unspecified atom stereocenters. The first-order valence-electron chi connectivity index (χ1n) is 7.41. The van der Waals surface area contributed by atoms with Crippen LogP contribution >= 0.6 is 0 Å². The Bertz CT molecular complexity index is 341. The number of carbonyl (C=O) groups excluding carboxylic acids is 1. The summed E-state index contributed by atoms with van der Waals surface area (Å²) in [5, 5.41) is 0. The molecule has 0 aromatic rings. The van der Waals surface area contributed by atoms with Crippen molar-refractivity contribution < 1.29 is 4.79 Å². The van der Waals surface area contributed by atoms with E-state index in [1.165, 1.54) is 45.2 Å². The van der Waals surface area contributed by atoms with Gasteiger partial charge in [-0.25, -0.2) is 0 Å². The van der Waals surface area contributed by atoms with Crippen LogP contribution in [0.15, 0.2) is 0 Å². The molecule has 0 bridgehead atoms. The Morgan fingerprint density at radius 3 is 2.59 bits per heavy atom. The topological polar surface area (TPSA) is 23.6 Å². The summed E-state index contributed by atoms with van der Waals surface area (Å²) in [5.74, 6) is 1.26. The molecule has 4 atom stereocenters. The highest BCUT2D eigenvalue weighted by atomic mass is 16.2. The molecule has 0 saturated carbocycles. The molecule has 4 rings (SSSR count). The van der Waals surface area contributed by atoms with Crippen LogP contribution in [0.5, 0.6) is 0 Å². The molecule has 0 aliphatic carbocycles. The van der Waals surface area contributed by atoms with Crippen LogP contribution in [0.3, 0.4) is 0 Å². The van der Waals surface area contributed by atoms with Crippen LogP contribution < -0.4 is 0 Å². The molecule has 3 heteroatoms. The Morgan fingerprint density at radius 1 is 0.941 bits per heavy atom. The Balaban J connectivity index is 1.72. The molecule has 4 saturated heterocycles. The summed E-state index contributed by atoms with van der Waals surface area (Å²) in [7, 11) is 0. The molecule has 4 aliphatic rings. The van der Waals surface area contributed by atoms with Gasteiger partial charge in [0, 0.05) is 24.5 Å². The third-order valence-electron chi connectivity index (χ3n) is 5.57. The van der Waals surface area contributed by atoms with Gasteiger partial charge in [0.05, 0.1) is 0 Å². The van der Waals surface area contributed by atoms with E-state index in [-0.39, 0.29) is 0 Å². The van der Waals surface area contributed by atoms with E-state index in [1.54, 1.807) is 0 Å². The predicted molar refractivity (Wildman–Crippen MR) is 65.6 cm³/mol. The zero-order valence-electron chi connectivity index (χ0n) is 10.5. The molecule has 0 aromatic heterocycles. The first-order chi connectivity index (χ1) is 8.36. The zero-order valence-corrected chi connectivity index (χ0v) is 10.5. The van der Waals surface area contributed by atoms with E-state index in [1.807, 2.05) is 0 Å². The number of hydrogen-bond donors (Lipinski definition) is 0. The zero-order chi connectivity index (χ0) is 11.4. The maximum Gasteiger partial charge on any atom is 0.223 e. The molecule has 0 N–H and O–H groups in total. The lowest BCUT2D eigenvalue weighted by Crippen LogP contribution is -2.54. The molecule has 3 nitrogen and oxygen atoms in total. The van der Waals surface area contributed by atoms with Gasteiger partial charge in [0.25, 0.3) is 0 Å². The number of amides is 1. The molecule has 4 fully saturated rings. The smallest absolute Gasteiger partial charge is 0.223 e. The van der Waals surface area contributed by atoms with Crippen molar-refractivity contribution in [3.63, 3.8) is 0 Å². The molecule has 0 aromatic carbocycles. The van der Waals surface area contributed by atoms with Crippen LogP contribution in [0, 0.1) is 5.92 Å². The maximum absolute atomic E-state index is 12.2. The molecular formula is C14H22N2O. The Kier molecular flexibility index (Phi) is 2.26. The fourth-order valence-corrected chi connectivity index (χ4v) is 5.07. The third-order valence-corrected chi connectivity index (χ3v) is 5.57. The van der Waals surface area contributed by atoms with Crippen LogP contribution in [-0.2, 0) is 4.79 Å². The number of rotatable bonds is 0. The van der Waals surface area contributed by atoms with Gasteiger partial charge in [-0.2, -0.15) is 0 Å². The Morgan fingerprint density at radius 2 is 1.71 bits per heavy atom. The lowest BCUT2D eigenvalue weighted by Gasteiger charge is -2.44. The second kappa shape index (κ2) is 3.71. The van der Waals surface area contributed by atoms with Gasteiger partial charge in [0.2, 0.25) is 5.91 Å². The number of piperidine rings is 3. The lowest BCUT2D eigenvalue weighted by molar-refractivity contribution is -0.137. The van der Waals surface area contributed by atoms with Crippen molar-refractivity contribution in [3.05, 3.63) is 0 Å². The van der Waals surface area contributed by atoms with Crippen LogP contribution in [0.2, 0.25) is 0 Å². The fraction of sp³-hybridized carbons (Fsp3) is 0.929. The van der Waals surface area contributed by atoms with Crippen molar-refractivity contribution in [2.45, 2.75) is 63.1 Å². The van der Waals surface area contributed by atoms with E-state index in [0.29, 0.717) is 18.0 Å². The van der Waals surface area contributed by atoms with E-state index in [4.69, 9.17) is 0 Å². The summed E-state index contributed by atoms with van der Waals surface area (Å²) in [6, 6.07) is 1.91. The Hall–Kier alpha value is -0.570. The van der Waals surface area contributed by atoms with Crippen LogP contribution in [0.1, 0.15) is 44.9 Å². The van der Waals surface area contributed by atoms with Gasteiger partial charge in [0.1, 0.15) is 0 Å². The van der Waals surface area contributed by atoms with Crippen LogP contribution in [0.4, 0.5) is 0 Å². The maximum atomic E-state index is 12.2. The average molecular weight is 234 g/mol. The summed E-state index contributed by atoms with van der Waals surface area (Å²) in [6.07, 6.45) is 8.50. The van der Waals surface area contributed by atoms with Gasteiger partial charge in [-0.05, 0) is 57.5 Å². The molecule has 0 radical (unpaired) electrons. The minimum Gasteiger partial charge on any atom is -0.335 e. The van der Waals surface area contributed by atoms with Crippen molar-refractivity contribution in [1.82, 2.24) is 9.80 Å². The van der Waals surface area contributed by atoms with Crippen molar-refractivity contribution in [2.75, 3.05) is 13.1 Å². The van der Waals surface area contributed by atoms with Crippen LogP contribution in [0.25, 0.3) is 0 Å². The van der Waals surface area contributed by atoms with Crippen molar-refractivity contribution in [1.29, 1.82) is 0 Å². The molecule has 94 valence electrons. The quantitative estimate of drug-likeness (QED) is 0.636. The number of fused-ring (bicyclic) bond motifs is 3. The molecule has 17 heavy (non-hydrogen) atoms. The summed E-state index contributed by atoms with van der Waals surface area (Å²) < 4.78 is 0. The summed E-state index contributed by atoms with van der Waals surface area (Å²) >= 11 is 0. The van der Waals surface area contributed by atoms with Gasteiger partial charge in [0.15, 0.2) is 0 Å². The first-order valence-corrected chi connectivity index (χ1v) is 7.41. The highest BCUT2D eigenvalue weighted by Gasteiger charge is 2.55. The van der Waals surface area contributed by atoms with E-state index in [0.717, 1.165) is 24.8 Å². The van der Waals surface area contributed by atoms with E-state index in [9.17, 15) is 4.79 Å². The SMILES string of the molecule is O=C1CCC[C@H]2[C@@H]3CCCN4CCC[C@@H]([C@@H]34)N12. The van der Waals surface area contributed by atoms with Gasteiger partial charge >= 0.3 is 0 Å². The van der Waals surface area contributed by atoms with Gasteiger partial charge in [-0.3, -0.25) is 9.69 Å². The normalized spacial score (nSPS) is 45.6. The fourth-order valence-electron chi connectivity index (χ4n) is 5.07. The minimum absolute atomic E-state index is 0.461. The monoisotopic (exact) mass is 234 g/mol. The molecule has 4 aliphatic heterocycles. The average Bonchev–Trinajstić information content (AvgIpc) is 2.69. The predicted octanol–water partition coefficient (Wildman–Crippen LogP) is 1.62. The number of carbonyl (C=O) groups is 1. The standard InChI is InChI=1S/C14H22N2O/c17-13-7-1-5-11-10-4-2-8-15-9-3-6-12(14(10)15)16(11)13/h10-12,14H,1-9H2/t10-,11-,12-,14+/m0/s1. The van der Waals surface area contributed by atoms with Crippen molar-refractivity contribution in [2.24, 2.45) is 5.92 Å². The summed E-state index contributed by atoms with van der Waals surface area (Å²) in [6.45, 7) is 2.57. The highest BCUT2D eigenvalue weighted by molar-refractivity contribution is 5.78. The second-order valence-electron chi connectivity index (χ2n) is 6.30. The largest absolute Gasteiger partial charge is 0.335 e. The van der Waals surface area contributed by atoms with Gasteiger partial charge in [-0.15, -0.1) is 0 Å². The van der Waals surface area contributed by atoms with E-state index in [2.05, 4.69) is 9.80 Å². The lowest BCUT2D eigenvalue weighted by atomic mass is 9.80. The minimum atomic E-state index is 0.461. The molecular weight excluding hydrogens is 212 g/mol. The van der Waals surface area contributed by atoms with E-state index < -0.39 is 0 Å². The summed E-state index contributed by atoms with van der Waals surface area (Å²) in [5.41, 5.74) is 0. The number of nitrogens with zero attached hydrogens (tertiary/aromatic N) is 2. The number of hydrogen-bond acceptors (Lipinski definition) is 2. The van der Waals surface area contributed by atoms with Gasteiger partial charge < -0.3 is 4.90 Å². The van der Waals surface area contributed by atoms with Gasteiger partial charge in [-0.1, -0.05) is 0 Å². The highest BCUT2D eigenvalue weighted by Crippen LogP contribution is 2.46. The summed E-state index contributed by atoms with van der Waals surface area (Å²) in [4.78, 5) is 17.3. The molecule has 1 amide bonds. The second-order valence-corrected chi connectivity index (χ2v) is 6.30. The van der Waals surface area contributed by atoms with E-state index >= 15 is 0 Å². The molecule has 4 heterocycles.